The lowest BCUT2D eigenvalue weighted by Crippen LogP contribution is -2.27. The average molecular weight is 276 g/mol. The van der Waals surface area contributed by atoms with Crippen molar-refractivity contribution in [3.05, 3.63) is 0 Å². The molecule has 1 aliphatic carbocycles. The third kappa shape index (κ3) is 3.11. The number of hydrogen-bond acceptors (Lipinski definition) is 6. The number of nitrogens with two attached hydrogens (primary N) is 1. The van der Waals surface area contributed by atoms with E-state index in [1.165, 1.54) is 38.5 Å². The van der Waals surface area contributed by atoms with Gasteiger partial charge in [0.15, 0.2) is 0 Å². The zero-order chi connectivity index (χ0) is 13.9. The van der Waals surface area contributed by atoms with Crippen molar-refractivity contribution in [2.75, 3.05) is 29.0 Å². The van der Waals surface area contributed by atoms with Crippen LogP contribution in [0.1, 0.15) is 45.4 Å². The maximum atomic E-state index is 5.83. The van der Waals surface area contributed by atoms with E-state index in [0.717, 1.165) is 25.0 Å². The van der Waals surface area contributed by atoms with E-state index in [4.69, 9.17) is 5.73 Å². The molecule has 0 unspecified atom stereocenters. The van der Waals surface area contributed by atoms with E-state index in [0.29, 0.717) is 17.9 Å². The molecular weight excluding hydrogens is 252 g/mol. The van der Waals surface area contributed by atoms with Crippen LogP contribution in [0.2, 0.25) is 0 Å². The van der Waals surface area contributed by atoms with Crippen LogP contribution in [0, 0.1) is 5.92 Å². The molecular formula is C14H24N6. The molecule has 6 heteroatoms. The Balaban J connectivity index is 1.69. The number of nitrogen functional groups attached to an aromatic ring is 1. The molecule has 1 saturated heterocycles. The molecule has 6 nitrogen and oxygen atoms in total. The summed E-state index contributed by atoms with van der Waals surface area (Å²) in [7, 11) is 0. The van der Waals surface area contributed by atoms with Crippen molar-refractivity contribution in [1.82, 2.24) is 15.0 Å². The Kier molecular flexibility index (Phi) is 3.89. The number of aromatic nitrogens is 3. The lowest BCUT2D eigenvalue weighted by atomic mass is 9.87. The molecule has 1 aromatic rings. The number of rotatable bonds is 3. The Hall–Kier alpha value is -1.59. The molecule has 0 amide bonds. The van der Waals surface area contributed by atoms with Crippen molar-refractivity contribution in [3.8, 4) is 0 Å². The van der Waals surface area contributed by atoms with Crippen LogP contribution >= 0.6 is 0 Å². The summed E-state index contributed by atoms with van der Waals surface area (Å²) in [5, 5.41) is 3.44. The van der Waals surface area contributed by atoms with Gasteiger partial charge in [-0.25, -0.2) is 0 Å². The topological polar surface area (TPSA) is 80.0 Å². The van der Waals surface area contributed by atoms with Crippen LogP contribution in [0.5, 0.6) is 0 Å². The summed E-state index contributed by atoms with van der Waals surface area (Å²) >= 11 is 0. The van der Waals surface area contributed by atoms with E-state index in [1.807, 2.05) is 0 Å². The van der Waals surface area contributed by atoms with Gasteiger partial charge in [0, 0.05) is 19.1 Å². The number of anilines is 3. The fraction of sp³-hybridized carbons (Fsp3) is 0.786. The first-order valence-electron chi connectivity index (χ1n) is 7.74. The molecule has 0 spiro atoms. The number of hydrogen-bond donors (Lipinski definition) is 2. The summed E-state index contributed by atoms with van der Waals surface area (Å²) in [6.45, 7) is 4.36. The Morgan fingerprint density at radius 2 is 1.75 bits per heavy atom. The Morgan fingerprint density at radius 3 is 2.45 bits per heavy atom. The molecule has 1 saturated carbocycles. The highest BCUT2D eigenvalue weighted by molar-refractivity contribution is 5.42. The van der Waals surface area contributed by atoms with Crippen molar-refractivity contribution in [2.45, 2.75) is 51.5 Å². The van der Waals surface area contributed by atoms with E-state index < -0.39 is 0 Å². The van der Waals surface area contributed by atoms with E-state index in [-0.39, 0.29) is 0 Å². The van der Waals surface area contributed by atoms with Crippen LogP contribution in [0.15, 0.2) is 0 Å². The molecule has 20 heavy (non-hydrogen) atoms. The van der Waals surface area contributed by atoms with Crippen LogP contribution in [-0.2, 0) is 0 Å². The zero-order valence-corrected chi connectivity index (χ0v) is 12.2. The van der Waals surface area contributed by atoms with Crippen LogP contribution in [0.3, 0.4) is 0 Å². The van der Waals surface area contributed by atoms with E-state index in [1.54, 1.807) is 0 Å². The van der Waals surface area contributed by atoms with Crippen molar-refractivity contribution >= 4 is 17.8 Å². The minimum Gasteiger partial charge on any atom is -0.368 e. The summed E-state index contributed by atoms with van der Waals surface area (Å²) < 4.78 is 0. The molecule has 3 N–H and O–H groups in total. The van der Waals surface area contributed by atoms with Crippen molar-refractivity contribution in [1.29, 1.82) is 0 Å². The normalized spacial score (nSPS) is 26.8. The fourth-order valence-corrected chi connectivity index (χ4v) is 3.09. The van der Waals surface area contributed by atoms with Gasteiger partial charge in [-0.3, -0.25) is 0 Å². The molecule has 3 rings (SSSR count). The standard InChI is InChI=1S/C14H24N6/c1-10-4-6-11(7-5-10)16-13-17-12(15)18-14(19-13)20-8-2-3-9-20/h10-11H,2-9H2,1H3,(H3,15,16,17,18,19). The van der Waals surface area contributed by atoms with Crippen LogP contribution in [0.25, 0.3) is 0 Å². The average Bonchev–Trinajstić information content (AvgIpc) is 2.95. The van der Waals surface area contributed by atoms with Gasteiger partial charge in [0.25, 0.3) is 0 Å². The predicted molar refractivity (Wildman–Crippen MR) is 80.7 cm³/mol. The number of nitrogens with one attached hydrogen (secondary N) is 1. The van der Waals surface area contributed by atoms with Crippen LogP contribution in [-0.4, -0.2) is 34.1 Å². The maximum absolute atomic E-state index is 5.83. The second-order valence-electron chi connectivity index (χ2n) is 6.11. The summed E-state index contributed by atoms with van der Waals surface area (Å²) in [6.07, 6.45) is 7.33. The summed E-state index contributed by atoms with van der Waals surface area (Å²) in [4.78, 5) is 15.2. The Bertz CT molecular complexity index is 449. The van der Waals surface area contributed by atoms with Gasteiger partial charge in [0.1, 0.15) is 0 Å². The van der Waals surface area contributed by atoms with Gasteiger partial charge >= 0.3 is 0 Å². The first-order valence-corrected chi connectivity index (χ1v) is 7.74. The zero-order valence-electron chi connectivity index (χ0n) is 12.2. The van der Waals surface area contributed by atoms with Crippen molar-refractivity contribution < 1.29 is 0 Å². The molecule has 0 radical (unpaired) electrons. The first-order chi connectivity index (χ1) is 9.70. The monoisotopic (exact) mass is 276 g/mol. The van der Waals surface area contributed by atoms with Gasteiger partial charge in [-0.15, -0.1) is 0 Å². The van der Waals surface area contributed by atoms with Crippen LogP contribution < -0.4 is 16.0 Å². The summed E-state index contributed by atoms with van der Waals surface area (Å²) in [5.41, 5.74) is 5.83. The summed E-state index contributed by atoms with van der Waals surface area (Å²) in [5.74, 6) is 2.52. The highest BCUT2D eigenvalue weighted by atomic mass is 15.3. The third-order valence-corrected chi connectivity index (χ3v) is 4.38. The Labute approximate surface area is 120 Å². The molecule has 2 fully saturated rings. The largest absolute Gasteiger partial charge is 0.368 e. The second-order valence-corrected chi connectivity index (χ2v) is 6.11. The lowest BCUT2D eigenvalue weighted by Gasteiger charge is -2.27. The third-order valence-electron chi connectivity index (χ3n) is 4.38. The molecule has 0 aromatic carbocycles. The van der Waals surface area contributed by atoms with Crippen LogP contribution in [0.4, 0.5) is 17.8 Å². The number of nitrogens with zero attached hydrogens (tertiary/aromatic N) is 4. The summed E-state index contributed by atoms with van der Waals surface area (Å²) in [6, 6.07) is 0.472. The SMILES string of the molecule is CC1CCC(Nc2nc(N)nc(N3CCCC3)n2)CC1. The lowest BCUT2D eigenvalue weighted by molar-refractivity contribution is 0.360. The van der Waals surface area contributed by atoms with Gasteiger partial charge in [-0.1, -0.05) is 6.92 Å². The smallest absolute Gasteiger partial charge is 0.231 e. The second kappa shape index (κ2) is 5.81. The molecule has 2 aliphatic rings. The van der Waals surface area contributed by atoms with Gasteiger partial charge < -0.3 is 16.0 Å². The van der Waals surface area contributed by atoms with E-state index >= 15 is 0 Å². The molecule has 0 atom stereocenters. The first kappa shape index (κ1) is 13.4. The molecule has 1 aliphatic heterocycles. The highest BCUT2D eigenvalue weighted by Gasteiger charge is 2.21. The van der Waals surface area contributed by atoms with E-state index in [9.17, 15) is 0 Å². The van der Waals surface area contributed by atoms with Gasteiger partial charge in [0.05, 0.1) is 0 Å². The predicted octanol–water partition coefficient (Wildman–Crippen LogP) is 2.04. The van der Waals surface area contributed by atoms with E-state index in [2.05, 4.69) is 32.1 Å². The minimum absolute atomic E-state index is 0.313. The molecule has 0 bridgehead atoms. The van der Waals surface area contributed by atoms with Crippen molar-refractivity contribution in [2.24, 2.45) is 5.92 Å². The molecule has 2 heterocycles. The van der Waals surface area contributed by atoms with Gasteiger partial charge in [-0.2, -0.15) is 15.0 Å². The van der Waals surface area contributed by atoms with Crippen molar-refractivity contribution in [3.63, 3.8) is 0 Å². The highest BCUT2D eigenvalue weighted by Crippen LogP contribution is 2.26. The molecule has 110 valence electrons. The quantitative estimate of drug-likeness (QED) is 0.879. The maximum Gasteiger partial charge on any atom is 0.231 e. The minimum atomic E-state index is 0.313. The van der Waals surface area contributed by atoms with Gasteiger partial charge in [0.2, 0.25) is 17.8 Å². The Morgan fingerprint density at radius 1 is 1.05 bits per heavy atom. The van der Waals surface area contributed by atoms with Gasteiger partial charge in [-0.05, 0) is 44.4 Å². The fourth-order valence-electron chi connectivity index (χ4n) is 3.09. The molecule has 1 aromatic heterocycles.